The third-order valence-corrected chi connectivity index (χ3v) is 5.17. The molecule has 3 nitrogen and oxygen atoms in total. The Balaban J connectivity index is 2.18. The zero-order chi connectivity index (χ0) is 17.1. The van der Waals surface area contributed by atoms with Crippen LogP contribution in [0.2, 0.25) is 0 Å². The van der Waals surface area contributed by atoms with Gasteiger partial charge in [0.2, 0.25) is 0 Å². The van der Waals surface area contributed by atoms with Crippen LogP contribution in [0.4, 0.5) is 0 Å². The van der Waals surface area contributed by atoms with Gasteiger partial charge in [-0.05, 0) is 36.7 Å². The van der Waals surface area contributed by atoms with Crippen molar-refractivity contribution >= 4 is 5.97 Å². The molecule has 1 saturated carbocycles. The molecule has 0 radical (unpaired) electrons. The quantitative estimate of drug-likeness (QED) is 0.835. The van der Waals surface area contributed by atoms with Gasteiger partial charge in [0.1, 0.15) is 6.10 Å². The predicted molar refractivity (Wildman–Crippen MR) is 91.9 cm³/mol. The molecular formula is C20H30O3. The molecule has 1 aliphatic carbocycles. The third-order valence-electron chi connectivity index (χ3n) is 5.17. The highest BCUT2D eigenvalue weighted by atomic mass is 16.6. The number of hydrogen-bond acceptors (Lipinski definition) is 3. The van der Waals surface area contributed by atoms with Crippen molar-refractivity contribution < 1.29 is 14.6 Å². The first-order valence-corrected chi connectivity index (χ1v) is 8.78. The Labute approximate surface area is 140 Å². The molecule has 1 aromatic carbocycles. The van der Waals surface area contributed by atoms with Crippen molar-refractivity contribution in [1.82, 2.24) is 0 Å². The standard InChI is InChI=1S/C20H30O3/c1-5-20(22,15-11-7-6-8-12-15)18(21)23-17-14-10-9-13-16(17)19(2,3)4/h6-8,11-12,16-17,22H,5,9-10,13-14H2,1-4H3/t16-,17-,20-/m1/s1. The van der Waals surface area contributed by atoms with Crippen LogP contribution in [0.3, 0.4) is 0 Å². The topological polar surface area (TPSA) is 46.5 Å². The first-order valence-electron chi connectivity index (χ1n) is 8.78. The van der Waals surface area contributed by atoms with Crippen LogP contribution < -0.4 is 0 Å². The van der Waals surface area contributed by atoms with E-state index in [1.54, 1.807) is 12.1 Å². The monoisotopic (exact) mass is 318 g/mol. The number of carbonyl (C=O) groups excluding carboxylic acids is 1. The number of carbonyl (C=O) groups is 1. The Morgan fingerprint density at radius 3 is 2.35 bits per heavy atom. The minimum Gasteiger partial charge on any atom is -0.460 e. The molecule has 0 amide bonds. The van der Waals surface area contributed by atoms with Gasteiger partial charge in [-0.1, -0.05) is 64.4 Å². The molecule has 0 bridgehead atoms. The second kappa shape index (κ2) is 7.04. The maximum Gasteiger partial charge on any atom is 0.343 e. The van der Waals surface area contributed by atoms with Crippen LogP contribution in [-0.2, 0) is 15.1 Å². The van der Waals surface area contributed by atoms with Crippen molar-refractivity contribution in [3.8, 4) is 0 Å². The fraction of sp³-hybridized carbons (Fsp3) is 0.650. The summed E-state index contributed by atoms with van der Waals surface area (Å²) in [5.41, 5.74) is -0.848. The van der Waals surface area contributed by atoms with E-state index in [0.29, 0.717) is 17.9 Å². The summed E-state index contributed by atoms with van der Waals surface area (Å²) < 4.78 is 5.85. The SMILES string of the molecule is CC[C@](O)(C(=O)O[C@@H]1CCCC[C@H]1C(C)(C)C)c1ccccc1. The lowest BCUT2D eigenvalue weighted by Crippen LogP contribution is -2.44. The molecule has 1 aliphatic rings. The normalized spacial score (nSPS) is 24.7. The summed E-state index contributed by atoms with van der Waals surface area (Å²) in [5, 5.41) is 10.9. The van der Waals surface area contributed by atoms with E-state index in [-0.39, 0.29) is 11.5 Å². The van der Waals surface area contributed by atoms with Gasteiger partial charge in [0.05, 0.1) is 0 Å². The number of ether oxygens (including phenoxy) is 1. The zero-order valence-electron chi connectivity index (χ0n) is 14.8. The molecule has 0 heterocycles. The molecule has 3 heteroatoms. The molecule has 3 atom stereocenters. The summed E-state index contributed by atoms with van der Waals surface area (Å²) in [6.07, 6.45) is 4.45. The molecule has 128 valence electrons. The summed E-state index contributed by atoms with van der Waals surface area (Å²) in [5.74, 6) is -0.163. The van der Waals surface area contributed by atoms with E-state index in [1.807, 2.05) is 25.1 Å². The molecular weight excluding hydrogens is 288 g/mol. The third kappa shape index (κ3) is 3.95. The van der Waals surface area contributed by atoms with E-state index in [4.69, 9.17) is 4.74 Å². The second-order valence-corrected chi connectivity index (χ2v) is 7.78. The largest absolute Gasteiger partial charge is 0.460 e. The fourth-order valence-electron chi connectivity index (χ4n) is 3.64. The average Bonchev–Trinajstić information content (AvgIpc) is 2.54. The van der Waals surface area contributed by atoms with Crippen LogP contribution in [0.25, 0.3) is 0 Å². The molecule has 0 spiro atoms. The molecule has 2 rings (SSSR count). The lowest BCUT2D eigenvalue weighted by atomic mass is 9.70. The van der Waals surface area contributed by atoms with E-state index in [0.717, 1.165) is 19.3 Å². The van der Waals surface area contributed by atoms with Crippen LogP contribution in [0.5, 0.6) is 0 Å². The van der Waals surface area contributed by atoms with Crippen molar-refractivity contribution in [2.45, 2.75) is 71.5 Å². The van der Waals surface area contributed by atoms with Crippen LogP contribution >= 0.6 is 0 Å². The van der Waals surface area contributed by atoms with E-state index in [9.17, 15) is 9.90 Å². The number of hydrogen-bond donors (Lipinski definition) is 1. The zero-order valence-corrected chi connectivity index (χ0v) is 14.8. The van der Waals surface area contributed by atoms with E-state index in [1.165, 1.54) is 6.42 Å². The van der Waals surface area contributed by atoms with Crippen molar-refractivity contribution in [3.05, 3.63) is 35.9 Å². The molecule has 0 unspecified atom stereocenters. The number of benzene rings is 1. The minimum atomic E-state index is -1.55. The summed E-state index contributed by atoms with van der Waals surface area (Å²) in [7, 11) is 0. The van der Waals surface area contributed by atoms with Gasteiger partial charge in [-0.15, -0.1) is 0 Å². The average molecular weight is 318 g/mol. The molecule has 1 fully saturated rings. The van der Waals surface area contributed by atoms with Crippen molar-refractivity contribution in [2.75, 3.05) is 0 Å². The Bertz CT molecular complexity index is 517. The van der Waals surface area contributed by atoms with Crippen molar-refractivity contribution in [2.24, 2.45) is 11.3 Å². The summed E-state index contributed by atoms with van der Waals surface area (Å²) >= 11 is 0. The Morgan fingerprint density at radius 2 is 1.78 bits per heavy atom. The molecule has 1 aromatic rings. The van der Waals surface area contributed by atoms with Crippen molar-refractivity contribution in [1.29, 1.82) is 0 Å². The number of esters is 1. The molecule has 0 saturated heterocycles. The van der Waals surface area contributed by atoms with E-state index >= 15 is 0 Å². The van der Waals surface area contributed by atoms with Crippen LogP contribution in [0, 0.1) is 11.3 Å². The minimum absolute atomic E-state index is 0.0990. The number of rotatable bonds is 4. The summed E-state index contributed by atoms with van der Waals surface area (Å²) in [6, 6.07) is 9.12. The van der Waals surface area contributed by atoms with Gasteiger partial charge < -0.3 is 9.84 Å². The predicted octanol–water partition coefficient (Wildman–Crippen LogP) is 4.43. The van der Waals surface area contributed by atoms with Gasteiger partial charge in [-0.25, -0.2) is 4.79 Å². The van der Waals surface area contributed by atoms with E-state index < -0.39 is 11.6 Å². The Morgan fingerprint density at radius 1 is 1.17 bits per heavy atom. The molecule has 0 aliphatic heterocycles. The first-order chi connectivity index (χ1) is 10.8. The smallest absolute Gasteiger partial charge is 0.343 e. The molecule has 1 N–H and O–H groups in total. The summed E-state index contributed by atoms with van der Waals surface area (Å²) in [6.45, 7) is 8.42. The van der Waals surface area contributed by atoms with E-state index in [2.05, 4.69) is 20.8 Å². The summed E-state index contributed by atoms with van der Waals surface area (Å²) in [4.78, 5) is 12.8. The van der Waals surface area contributed by atoms with Gasteiger partial charge >= 0.3 is 5.97 Å². The lowest BCUT2D eigenvalue weighted by molar-refractivity contribution is -0.180. The van der Waals surface area contributed by atoms with Crippen LogP contribution in [-0.4, -0.2) is 17.2 Å². The van der Waals surface area contributed by atoms with Crippen LogP contribution in [0.1, 0.15) is 65.4 Å². The lowest BCUT2D eigenvalue weighted by Gasteiger charge is -2.41. The maximum atomic E-state index is 12.8. The fourth-order valence-corrected chi connectivity index (χ4v) is 3.64. The highest BCUT2D eigenvalue weighted by Gasteiger charge is 2.42. The Hall–Kier alpha value is -1.35. The van der Waals surface area contributed by atoms with Crippen LogP contribution in [0.15, 0.2) is 30.3 Å². The van der Waals surface area contributed by atoms with Gasteiger partial charge in [0, 0.05) is 5.92 Å². The first kappa shape index (κ1) is 18.0. The van der Waals surface area contributed by atoms with Crippen molar-refractivity contribution in [3.63, 3.8) is 0 Å². The Kier molecular flexibility index (Phi) is 5.51. The number of aliphatic hydroxyl groups is 1. The second-order valence-electron chi connectivity index (χ2n) is 7.78. The van der Waals surface area contributed by atoms with Gasteiger partial charge in [-0.3, -0.25) is 0 Å². The van der Waals surface area contributed by atoms with Gasteiger partial charge in [0.15, 0.2) is 5.60 Å². The molecule has 23 heavy (non-hydrogen) atoms. The van der Waals surface area contributed by atoms with Gasteiger partial charge in [-0.2, -0.15) is 0 Å². The highest BCUT2D eigenvalue weighted by Crippen LogP contribution is 2.40. The maximum absolute atomic E-state index is 12.8. The molecule has 0 aromatic heterocycles. The highest BCUT2D eigenvalue weighted by molar-refractivity contribution is 5.81. The van der Waals surface area contributed by atoms with Gasteiger partial charge in [0.25, 0.3) is 0 Å².